The first-order chi connectivity index (χ1) is 15.8. The molecule has 0 heterocycles. The third-order valence-electron chi connectivity index (χ3n) is 4.57. The third-order valence-corrected chi connectivity index (χ3v) is 6.65. The number of sulfonamides is 1. The number of hydrogen-bond donors (Lipinski definition) is 2. The fourth-order valence-electron chi connectivity index (χ4n) is 2.87. The summed E-state index contributed by atoms with van der Waals surface area (Å²) in [7, 11) is -2.47. The van der Waals surface area contributed by atoms with Crippen molar-refractivity contribution in [2.24, 2.45) is 5.14 Å². The van der Waals surface area contributed by atoms with Crippen LogP contribution in [0.1, 0.15) is 27.2 Å². The number of thioether (sulfide) groups is 1. The number of anilines is 1. The number of carbonyl (C=O) groups excluding carboxylic acids is 1. The van der Waals surface area contributed by atoms with Crippen molar-refractivity contribution in [2.45, 2.75) is 48.6 Å². The van der Waals surface area contributed by atoms with E-state index in [0.29, 0.717) is 18.7 Å². The van der Waals surface area contributed by atoms with Crippen LogP contribution >= 0.6 is 11.8 Å². The van der Waals surface area contributed by atoms with Gasteiger partial charge in [-0.1, -0.05) is 18.2 Å². The summed E-state index contributed by atoms with van der Waals surface area (Å²) in [5.41, 5.74) is -0.865. The first-order valence-electron chi connectivity index (χ1n) is 10.5. The van der Waals surface area contributed by atoms with E-state index in [1.807, 2.05) is 30.3 Å². The monoisotopic (exact) mass is 510 g/mol. The quantitative estimate of drug-likeness (QED) is 0.276. The number of ether oxygens (including phenoxy) is 1. The summed E-state index contributed by atoms with van der Waals surface area (Å²) in [4.78, 5) is 25.4. The molecule has 0 aliphatic rings. The van der Waals surface area contributed by atoms with Gasteiger partial charge in [0.25, 0.3) is 5.69 Å². The second-order valence-electron chi connectivity index (χ2n) is 8.64. The highest BCUT2D eigenvalue weighted by atomic mass is 32.2. The number of rotatable bonds is 10. The second kappa shape index (κ2) is 11.5. The molecule has 0 aromatic heterocycles. The Kier molecular flexibility index (Phi) is 9.30. The van der Waals surface area contributed by atoms with Gasteiger partial charge in [-0.15, -0.1) is 11.8 Å². The number of carbonyl (C=O) groups is 1. The fraction of sp³-hybridized carbons (Fsp3) is 0.409. The molecule has 0 saturated carbocycles. The van der Waals surface area contributed by atoms with Crippen molar-refractivity contribution in [1.82, 2.24) is 4.90 Å². The first kappa shape index (κ1) is 27.4. The topological polar surface area (TPSA) is 145 Å². The molecule has 0 radical (unpaired) electrons. The van der Waals surface area contributed by atoms with Crippen molar-refractivity contribution < 1.29 is 22.9 Å². The molecule has 10 nitrogen and oxygen atoms in total. The molecule has 186 valence electrons. The minimum atomic E-state index is -4.09. The number of hydrogen-bond acceptors (Lipinski definition) is 8. The van der Waals surface area contributed by atoms with Crippen molar-refractivity contribution in [1.29, 1.82) is 0 Å². The van der Waals surface area contributed by atoms with E-state index < -0.39 is 32.3 Å². The summed E-state index contributed by atoms with van der Waals surface area (Å²) in [6.07, 6.45) is -0.00520. The van der Waals surface area contributed by atoms with Crippen LogP contribution in [0, 0.1) is 10.1 Å². The smallest absolute Gasteiger partial charge is 0.410 e. The number of nitro groups is 1. The molecule has 0 saturated heterocycles. The third kappa shape index (κ3) is 8.84. The lowest BCUT2D eigenvalue weighted by atomic mass is 10.2. The zero-order valence-corrected chi connectivity index (χ0v) is 21.2. The molecule has 0 aliphatic carbocycles. The molecule has 2 aromatic carbocycles. The highest BCUT2D eigenvalue weighted by Gasteiger charge is 2.23. The van der Waals surface area contributed by atoms with E-state index in [4.69, 9.17) is 9.88 Å². The van der Waals surface area contributed by atoms with Crippen LogP contribution in [0.5, 0.6) is 0 Å². The maximum atomic E-state index is 12.3. The van der Waals surface area contributed by atoms with Crippen LogP contribution in [0.4, 0.5) is 16.2 Å². The van der Waals surface area contributed by atoms with Gasteiger partial charge in [-0.2, -0.15) is 0 Å². The number of nitrogens with one attached hydrogen (secondary N) is 1. The first-order valence-corrected chi connectivity index (χ1v) is 13.0. The Labute approximate surface area is 204 Å². The van der Waals surface area contributed by atoms with Crippen molar-refractivity contribution >= 4 is 39.3 Å². The molecule has 1 atom stereocenters. The number of primary sulfonamides is 1. The lowest BCUT2D eigenvalue weighted by Crippen LogP contribution is -2.37. The largest absolute Gasteiger partial charge is 0.444 e. The Morgan fingerprint density at radius 3 is 2.44 bits per heavy atom. The molecule has 34 heavy (non-hydrogen) atoms. The van der Waals surface area contributed by atoms with Crippen LogP contribution in [-0.4, -0.2) is 55.3 Å². The lowest BCUT2D eigenvalue weighted by molar-refractivity contribution is -0.384. The predicted octanol–water partition coefficient (Wildman–Crippen LogP) is 4.07. The Morgan fingerprint density at radius 1 is 1.24 bits per heavy atom. The Bertz CT molecular complexity index is 1100. The SMILES string of the molecule is CN(CC[C@H](CSc1ccccc1)Nc1ccc(S(N)(=O)=O)cc1[N+](=O)[O-])C(=O)OC(C)(C)C. The van der Waals surface area contributed by atoms with Crippen LogP contribution in [0.3, 0.4) is 0 Å². The summed E-state index contributed by atoms with van der Waals surface area (Å²) >= 11 is 1.56. The minimum Gasteiger partial charge on any atom is -0.444 e. The van der Waals surface area contributed by atoms with Gasteiger partial charge in [-0.05, 0) is 51.5 Å². The van der Waals surface area contributed by atoms with E-state index in [-0.39, 0.29) is 16.6 Å². The summed E-state index contributed by atoms with van der Waals surface area (Å²) in [5.74, 6) is 0.542. The Balaban J connectivity index is 2.22. The molecular formula is C22H30N4O6S2. The fourth-order valence-corrected chi connectivity index (χ4v) is 4.40. The number of nitro benzene ring substituents is 1. The van der Waals surface area contributed by atoms with Crippen molar-refractivity contribution in [3.63, 3.8) is 0 Å². The second-order valence-corrected chi connectivity index (χ2v) is 11.3. The maximum Gasteiger partial charge on any atom is 0.410 e. The maximum absolute atomic E-state index is 12.3. The van der Waals surface area contributed by atoms with E-state index in [2.05, 4.69) is 5.32 Å². The van der Waals surface area contributed by atoms with Crippen LogP contribution in [0.15, 0.2) is 58.3 Å². The zero-order chi connectivity index (χ0) is 25.5. The number of amides is 1. The van der Waals surface area contributed by atoms with Gasteiger partial charge >= 0.3 is 6.09 Å². The Morgan fingerprint density at radius 2 is 1.88 bits per heavy atom. The van der Waals surface area contributed by atoms with Gasteiger partial charge in [0.1, 0.15) is 11.3 Å². The summed E-state index contributed by atoms with van der Waals surface area (Å²) in [6.45, 7) is 5.68. The van der Waals surface area contributed by atoms with Crippen molar-refractivity contribution in [3.8, 4) is 0 Å². The van der Waals surface area contributed by atoms with E-state index >= 15 is 0 Å². The van der Waals surface area contributed by atoms with E-state index in [1.165, 1.54) is 17.0 Å². The van der Waals surface area contributed by atoms with Gasteiger partial charge in [0.05, 0.1) is 9.82 Å². The highest BCUT2D eigenvalue weighted by molar-refractivity contribution is 7.99. The molecular weight excluding hydrogens is 480 g/mol. The minimum absolute atomic E-state index is 0.163. The number of nitrogens with two attached hydrogens (primary N) is 1. The molecule has 0 unspecified atom stereocenters. The molecule has 0 fully saturated rings. The summed E-state index contributed by atoms with van der Waals surface area (Å²) < 4.78 is 28.6. The van der Waals surface area contributed by atoms with Crippen molar-refractivity contribution in [2.75, 3.05) is 24.7 Å². The Hall–Kier alpha value is -2.83. The van der Waals surface area contributed by atoms with E-state index in [1.54, 1.807) is 39.6 Å². The summed E-state index contributed by atoms with van der Waals surface area (Å²) in [6, 6.07) is 12.9. The standard InChI is InChI=1S/C22H30N4O6S2/c1-22(2,3)32-21(27)25(4)13-12-16(15-33-17-8-6-5-7-9-17)24-19-11-10-18(34(23,30)31)14-20(19)26(28)29/h5-11,14,16,24H,12-13,15H2,1-4H3,(H2,23,30,31)/t16-/m1/s1. The van der Waals surface area contributed by atoms with Crippen LogP contribution in [0.25, 0.3) is 0 Å². The van der Waals surface area contributed by atoms with Crippen LogP contribution in [-0.2, 0) is 14.8 Å². The average Bonchev–Trinajstić information content (AvgIpc) is 2.74. The normalized spacial score (nSPS) is 12.6. The van der Waals surface area contributed by atoms with Crippen LogP contribution in [0.2, 0.25) is 0 Å². The molecule has 0 bridgehead atoms. The molecule has 3 N–H and O–H groups in total. The van der Waals surface area contributed by atoms with E-state index in [9.17, 15) is 23.3 Å². The van der Waals surface area contributed by atoms with Gasteiger partial charge in [0.2, 0.25) is 10.0 Å². The van der Waals surface area contributed by atoms with Gasteiger partial charge in [-0.25, -0.2) is 18.4 Å². The van der Waals surface area contributed by atoms with Gasteiger partial charge in [-0.3, -0.25) is 10.1 Å². The molecule has 12 heteroatoms. The van der Waals surface area contributed by atoms with Crippen molar-refractivity contribution in [3.05, 3.63) is 58.6 Å². The molecule has 2 rings (SSSR count). The molecule has 0 aliphatic heterocycles. The number of nitrogens with zero attached hydrogens (tertiary/aromatic N) is 2. The number of benzene rings is 2. The van der Waals surface area contributed by atoms with E-state index in [0.717, 1.165) is 11.0 Å². The summed E-state index contributed by atoms with van der Waals surface area (Å²) in [5, 5.41) is 19.9. The highest BCUT2D eigenvalue weighted by Crippen LogP contribution is 2.29. The van der Waals surface area contributed by atoms with Gasteiger partial charge in [0, 0.05) is 36.3 Å². The predicted molar refractivity (Wildman–Crippen MR) is 133 cm³/mol. The molecule has 0 spiro atoms. The molecule has 1 amide bonds. The average molecular weight is 511 g/mol. The lowest BCUT2D eigenvalue weighted by Gasteiger charge is -2.26. The van der Waals surface area contributed by atoms with Crippen LogP contribution < -0.4 is 10.5 Å². The zero-order valence-electron chi connectivity index (χ0n) is 19.6. The molecule has 2 aromatic rings. The van der Waals surface area contributed by atoms with Gasteiger partial charge < -0.3 is 15.0 Å². The van der Waals surface area contributed by atoms with Gasteiger partial charge in [0.15, 0.2) is 0 Å².